The van der Waals surface area contributed by atoms with Crippen molar-refractivity contribution in [3.63, 3.8) is 0 Å². The van der Waals surface area contributed by atoms with Crippen LogP contribution < -0.4 is 5.73 Å². The van der Waals surface area contributed by atoms with Crippen LogP contribution in [0.3, 0.4) is 0 Å². The third-order valence-electron chi connectivity index (χ3n) is 3.88. The SMILES string of the molecule is CC1CCCC(CN)N1C(=O)c1cc2sccc2s1. The Morgan fingerprint density at radius 2 is 2.32 bits per heavy atom. The molecule has 1 aliphatic rings. The van der Waals surface area contributed by atoms with E-state index in [1.165, 1.54) is 15.8 Å². The highest BCUT2D eigenvalue weighted by Crippen LogP contribution is 2.32. The lowest BCUT2D eigenvalue weighted by molar-refractivity contribution is 0.0499. The number of hydrogen-bond donors (Lipinski definition) is 1. The first-order chi connectivity index (χ1) is 9.20. The first-order valence-corrected chi connectivity index (χ1v) is 8.40. The molecule has 2 aromatic rings. The van der Waals surface area contributed by atoms with Gasteiger partial charge in [0.05, 0.1) is 4.88 Å². The molecule has 1 amide bonds. The Morgan fingerprint density at radius 1 is 1.47 bits per heavy atom. The zero-order valence-corrected chi connectivity index (χ0v) is 12.6. The minimum Gasteiger partial charge on any atom is -0.331 e. The zero-order chi connectivity index (χ0) is 13.4. The Balaban J connectivity index is 1.90. The number of thiophene rings is 2. The molecule has 0 aromatic carbocycles. The summed E-state index contributed by atoms with van der Waals surface area (Å²) in [6, 6.07) is 4.62. The van der Waals surface area contributed by atoms with Gasteiger partial charge in [-0.15, -0.1) is 22.7 Å². The number of nitrogens with two attached hydrogens (primary N) is 1. The molecule has 2 aromatic heterocycles. The maximum atomic E-state index is 12.7. The van der Waals surface area contributed by atoms with Crippen LogP contribution in [0.25, 0.3) is 9.40 Å². The predicted octanol–water partition coefficient (Wildman–Crippen LogP) is 3.30. The molecule has 5 heteroatoms. The quantitative estimate of drug-likeness (QED) is 0.923. The smallest absolute Gasteiger partial charge is 0.264 e. The van der Waals surface area contributed by atoms with Gasteiger partial charge in [0.25, 0.3) is 5.91 Å². The zero-order valence-electron chi connectivity index (χ0n) is 11.0. The number of nitrogens with zero attached hydrogens (tertiary/aromatic N) is 1. The van der Waals surface area contributed by atoms with E-state index in [1.807, 2.05) is 11.0 Å². The van der Waals surface area contributed by atoms with Crippen molar-refractivity contribution in [1.82, 2.24) is 4.90 Å². The molecule has 3 heterocycles. The molecule has 3 rings (SSSR count). The van der Waals surface area contributed by atoms with E-state index in [9.17, 15) is 4.79 Å². The second-order valence-electron chi connectivity index (χ2n) is 5.14. The van der Waals surface area contributed by atoms with Crippen molar-refractivity contribution in [3.05, 3.63) is 22.4 Å². The van der Waals surface area contributed by atoms with Gasteiger partial charge < -0.3 is 10.6 Å². The number of likely N-dealkylation sites (tertiary alicyclic amines) is 1. The van der Waals surface area contributed by atoms with Gasteiger partial charge in [0.2, 0.25) is 0 Å². The normalized spacial score (nSPS) is 24.0. The van der Waals surface area contributed by atoms with Crippen LogP contribution in [-0.4, -0.2) is 29.4 Å². The Kier molecular flexibility index (Phi) is 3.60. The molecular formula is C14H18N2OS2. The summed E-state index contributed by atoms with van der Waals surface area (Å²) < 4.78 is 2.42. The van der Waals surface area contributed by atoms with Crippen molar-refractivity contribution in [1.29, 1.82) is 0 Å². The van der Waals surface area contributed by atoms with E-state index in [-0.39, 0.29) is 11.9 Å². The number of piperidine rings is 1. The van der Waals surface area contributed by atoms with Crippen molar-refractivity contribution in [2.75, 3.05) is 6.54 Å². The lowest BCUT2D eigenvalue weighted by Crippen LogP contribution is -2.51. The fraction of sp³-hybridized carbons (Fsp3) is 0.500. The van der Waals surface area contributed by atoms with Crippen LogP contribution >= 0.6 is 22.7 Å². The number of rotatable bonds is 2. The second kappa shape index (κ2) is 5.23. The van der Waals surface area contributed by atoms with E-state index in [0.29, 0.717) is 12.6 Å². The van der Waals surface area contributed by atoms with Crippen LogP contribution in [0.2, 0.25) is 0 Å². The molecule has 19 heavy (non-hydrogen) atoms. The molecule has 3 nitrogen and oxygen atoms in total. The molecule has 0 spiro atoms. The van der Waals surface area contributed by atoms with Gasteiger partial charge in [0.1, 0.15) is 0 Å². The minimum atomic E-state index is 0.163. The average Bonchev–Trinajstić information content (AvgIpc) is 2.98. The van der Waals surface area contributed by atoms with Crippen molar-refractivity contribution in [3.8, 4) is 0 Å². The summed E-state index contributed by atoms with van der Waals surface area (Å²) in [5.41, 5.74) is 5.84. The van der Waals surface area contributed by atoms with Crippen LogP contribution in [-0.2, 0) is 0 Å². The highest BCUT2D eigenvalue weighted by atomic mass is 32.1. The standard InChI is InChI=1S/C14H18N2OS2/c1-9-3-2-4-10(8-15)16(9)14(17)13-7-12-11(19-13)5-6-18-12/h5-7,9-10H,2-4,8,15H2,1H3. The van der Waals surface area contributed by atoms with Crippen LogP contribution in [0.1, 0.15) is 35.9 Å². The summed E-state index contributed by atoms with van der Waals surface area (Å²) in [6.45, 7) is 2.70. The number of carbonyl (C=O) groups excluding carboxylic acids is 1. The first kappa shape index (κ1) is 13.1. The molecular weight excluding hydrogens is 276 g/mol. The van der Waals surface area contributed by atoms with Crippen LogP contribution in [0.15, 0.2) is 17.5 Å². The topological polar surface area (TPSA) is 46.3 Å². The van der Waals surface area contributed by atoms with Crippen LogP contribution in [0.5, 0.6) is 0 Å². The lowest BCUT2D eigenvalue weighted by atomic mass is 9.96. The molecule has 0 bridgehead atoms. The Morgan fingerprint density at radius 3 is 3.05 bits per heavy atom. The fourth-order valence-electron chi connectivity index (χ4n) is 2.88. The molecule has 0 radical (unpaired) electrons. The minimum absolute atomic E-state index is 0.163. The van der Waals surface area contributed by atoms with Gasteiger partial charge in [-0.2, -0.15) is 0 Å². The first-order valence-electron chi connectivity index (χ1n) is 6.70. The Labute approximate surface area is 121 Å². The fourth-order valence-corrected chi connectivity index (χ4v) is 4.94. The maximum Gasteiger partial charge on any atom is 0.264 e. The molecule has 1 fully saturated rings. The van der Waals surface area contributed by atoms with Gasteiger partial charge in [-0.1, -0.05) is 0 Å². The third-order valence-corrected chi connectivity index (χ3v) is 5.97. The average molecular weight is 294 g/mol. The summed E-state index contributed by atoms with van der Waals surface area (Å²) >= 11 is 3.29. The summed E-state index contributed by atoms with van der Waals surface area (Å²) in [7, 11) is 0. The molecule has 2 atom stereocenters. The molecule has 1 saturated heterocycles. The van der Waals surface area contributed by atoms with E-state index in [2.05, 4.69) is 18.4 Å². The maximum absolute atomic E-state index is 12.7. The molecule has 2 unspecified atom stereocenters. The lowest BCUT2D eigenvalue weighted by Gasteiger charge is -2.40. The van der Waals surface area contributed by atoms with Crippen molar-refractivity contribution in [2.24, 2.45) is 5.73 Å². The van der Waals surface area contributed by atoms with Crippen LogP contribution in [0.4, 0.5) is 0 Å². The second-order valence-corrected chi connectivity index (χ2v) is 7.17. The molecule has 2 N–H and O–H groups in total. The van der Waals surface area contributed by atoms with Crippen LogP contribution in [0, 0.1) is 0 Å². The van der Waals surface area contributed by atoms with Crippen molar-refractivity contribution < 1.29 is 4.79 Å². The summed E-state index contributed by atoms with van der Waals surface area (Å²) in [5.74, 6) is 0.163. The van der Waals surface area contributed by atoms with Crippen molar-refractivity contribution >= 4 is 38.0 Å². The number of hydrogen-bond acceptors (Lipinski definition) is 4. The largest absolute Gasteiger partial charge is 0.331 e. The van der Waals surface area contributed by atoms with E-state index in [0.717, 1.165) is 17.7 Å². The van der Waals surface area contributed by atoms with E-state index in [4.69, 9.17) is 5.73 Å². The summed E-state index contributed by atoms with van der Waals surface area (Å²) in [4.78, 5) is 15.6. The molecule has 1 aliphatic heterocycles. The van der Waals surface area contributed by atoms with E-state index in [1.54, 1.807) is 22.7 Å². The number of carbonyl (C=O) groups is 1. The van der Waals surface area contributed by atoms with Gasteiger partial charge in [0.15, 0.2) is 0 Å². The monoisotopic (exact) mass is 294 g/mol. The van der Waals surface area contributed by atoms with Gasteiger partial charge in [0, 0.05) is 28.0 Å². The Bertz CT molecular complexity index is 561. The summed E-state index contributed by atoms with van der Waals surface area (Å²) in [5, 5.41) is 2.07. The van der Waals surface area contributed by atoms with Gasteiger partial charge in [-0.3, -0.25) is 4.79 Å². The third kappa shape index (κ3) is 2.30. The van der Waals surface area contributed by atoms with Crippen molar-refractivity contribution in [2.45, 2.75) is 38.3 Å². The number of fused-ring (bicyclic) bond motifs is 1. The summed E-state index contributed by atoms with van der Waals surface area (Å²) in [6.07, 6.45) is 3.29. The molecule has 102 valence electrons. The highest BCUT2D eigenvalue weighted by molar-refractivity contribution is 7.27. The van der Waals surface area contributed by atoms with Gasteiger partial charge >= 0.3 is 0 Å². The number of amides is 1. The highest BCUT2D eigenvalue weighted by Gasteiger charge is 2.32. The van der Waals surface area contributed by atoms with E-state index < -0.39 is 0 Å². The van der Waals surface area contributed by atoms with Gasteiger partial charge in [-0.05, 0) is 43.7 Å². The molecule has 0 saturated carbocycles. The van der Waals surface area contributed by atoms with E-state index >= 15 is 0 Å². The molecule has 0 aliphatic carbocycles. The Hall–Kier alpha value is -0.910. The predicted molar refractivity (Wildman–Crippen MR) is 82.0 cm³/mol. The van der Waals surface area contributed by atoms with Gasteiger partial charge in [-0.25, -0.2) is 0 Å².